The Morgan fingerprint density at radius 2 is 2.15 bits per heavy atom. The van der Waals surface area contributed by atoms with Crippen molar-refractivity contribution in [3.8, 4) is 11.8 Å². The van der Waals surface area contributed by atoms with E-state index in [0.717, 1.165) is 5.39 Å². The van der Waals surface area contributed by atoms with Gasteiger partial charge >= 0.3 is 12.4 Å². The molecule has 0 radical (unpaired) electrons. The van der Waals surface area contributed by atoms with Crippen LogP contribution in [0.4, 0.5) is 8.78 Å². The van der Waals surface area contributed by atoms with E-state index in [1.165, 1.54) is 12.1 Å². The summed E-state index contributed by atoms with van der Waals surface area (Å²) in [6.07, 6.45) is -3.22. The molecule has 0 atom stereocenters. The summed E-state index contributed by atoms with van der Waals surface area (Å²) in [7, 11) is 0. The molecule has 1 N–H and O–H groups in total. The number of hydrogen-bond acceptors (Lipinski definition) is 5. The summed E-state index contributed by atoms with van der Waals surface area (Å²) in [6, 6.07) is 11.6. The smallest absolute Gasteiger partial charge is 0.379 e. The zero-order valence-electron chi connectivity index (χ0n) is 14.3. The SMILES string of the molecule is Cc1nn(Cc2c(C#N)cccc2CO)c2cc(OC(=O)C(F)F)ccc12. The van der Waals surface area contributed by atoms with Crippen molar-refractivity contribution in [2.45, 2.75) is 26.5 Å². The summed E-state index contributed by atoms with van der Waals surface area (Å²) < 4.78 is 31.1. The van der Waals surface area contributed by atoms with Gasteiger partial charge in [0, 0.05) is 11.5 Å². The number of halogens is 2. The van der Waals surface area contributed by atoms with Gasteiger partial charge < -0.3 is 9.84 Å². The molecule has 0 spiro atoms. The lowest BCUT2D eigenvalue weighted by Gasteiger charge is -2.11. The van der Waals surface area contributed by atoms with Gasteiger partial charge in [-0.05, 0) is 36.2 Å². The molecule has 3 aromatic rings. The molecule has 27 heavy (non-hydrogen) atoms. The molecular weight excluding hydrogens is 356 g/mol. The Hall–Kier alpha value is -3.31. The Morgan fingerprint density at radius 3 is 2.81 bits per heavy atom. The van der Waals surface area contributed by atoms with Gasteiger partial charge in [0.15, 0.2) is 0 Å². The number of alkyl halides is 2. The van der Waals surface area contributed by atoms with Crippen LogP contribution in [0.2, 0.25) is 0 Å². The van der Waals surface area contributed by atoms with Gasteiger partial charge in [0.1, 0.15) is 5.75 Å². The third kappa shape index (κ3) is 3.64. The van der Waals surface area contributed by atoms with Crippen molar-refractivity contribution in [2.75, 3.05) is 0 Å². The van der Waals surface area contributed by atoms with Crippen LogP contribution < -0.4 is 4.74 Å². The second-order valence-electron chi connectivity index (χ2n) is 5.86. The first kappa shape index (κ1) is 18.5. The van der Waals surface area contributed by atoms with Gasteiger partial charge in [-0.3, -0.25) is 4.68 Å². The number of benzene rings is 2. The average Bonchev–Trinajstić information content (AvgIpc) is 2.97. The zero-order chi connectivity index (χ0) is 19.6. The maximum atomic E-state index is 12.4. The zero-order valence-corrected chi connectivity index (χ0v) is 14.3. The fourth-order valence-electron chi connectivity index (χ4n) is 2.89. The molecular formula is C19H15F2N3O3. The van der Waals surface area contributed by atoms with Gasteiger partial charge in [0.2, 0.25) is 0 Å². The summed E-state index contributed by atoms with van der Waals surface area (Å²) in [6.45, 7) is 1.74. The van der Waals surface area contributed by atoms with Gasteiger partial charge in [-0.15, -0.1) is 0 Å². The summed E-state index contributed by atoms with van der Waals surface area (Å²) >= 11 is 0. The van der Waals surface area contributed by atoms with Crippen LogP contribution >= 0.6 is 0 Å². The van der Waals surface area contributed by atoms with Crippen LogP contribution in [0, 0.1) is 18.3 Å². The van der Waals surface area contributed by atoms with E-state index in [4.69, 9.17) is 0 Å². The predicted octanol–water partition coefficient (Wildman–Crippen LogP) is 2.93. The maximum Gasteiger partial charge on any atom is 0.379 e. The number of ether oxygens (including phenoxy) is 1. The summed E-state index contributed by atoms with van der Waals surface area (Å²) in [4.78, 5) is 11.1. The molecule has 0 amide bonds. The number of aliphatic hydroxyl groups excluding tert-OH is 1. The van der Waals surface area contributed by atoms with Gasteiger partial charge in [-0.1, -0.05) is 12.1 Å². The minimum atomic E-state index is -3.22. The Labute approximate surface area is 153 Å². The van der Waals surface area contributed by atoms with E-state index in [1.807, 2.05) is 0 Å². The molecule has 138 valence electrons. The summed E-state index contributed by atoms with van der Waals surface area (Å²) in [5.41, 5.74) is 2.86. The maximum absolute atomic E-state index is 12.4. The van der Waals surface area contributed by atoms with Gasteiger partial charge in [0.25, 0.3) is 0 Å². The lowest BCUT2D eigenvalue weighted by Crippen LogP contribution is -2.17. The van der Waals surface area contributed by atoms with Crippen LogP contribution in [0.5, 0.6) is 5.75 Å². The monoisotopic (exact) mass is 371 g/mol. The molecule has 0 saturated heterocycles. The highest BCUT2D eigenvalue weighted by Gasteiger charge is 2.19. The van der Waals surface area contributed by atoms with Gasteiger partial charge in [-0.25, -0.2) is 4.79 Å². The highest BCUT2D eigenvalue weighted by atomic mass is 19.3. The molecule has 0 saturated carbocycles. The van der Waals surface area contributed by atoms with E-state index in [-0.39, 0.29) is 18.9 Å². The molecule has 0 bridgehead atoms. The molecule has 8 heteroatoms. The van der Waals surface area contributed by atoms with Crippen molar-refractivity contribution in [3.63, 3.8) is 0 Å². The number of aliphatic hydroxyl groups is 1. The Morgan fingerprint density at radius 1 is 1.37 bits per heavy atom. The highest BCUT2D eigenvalue weighted by molar-refractivity contribution is 5.84. The van der Waals surface area contributed by atoms with Crippen LogP contribution in [0.3, 0.4) is 0 Å². The first-order valence-electron chi connectivity index (χ1n) is 8.03. The molecule has 1 heterocycles. The van der Waals surface area contributed by atoms with Crippen LogP contribution in [-0.2, 0) is 17.9 Å². The second-order valence-corrected chi connectivity index (χ2v) is 5.86. The summed E-state index contributed by atoms with van der Waals surface area (Å²) in [5.74, 6) is -1.65. The van der Waals surface area contributed by atoms with Crippen molar-refractivity contribution in [1.29, 1.82) is 5.26 Å². The standard InChI is InChI=1S/C19H15F2N3O3/c1-11-15-6-5-14(27-19(26)18(20)21)7-17(15)24(23-11)9-16-12(8-22)3-2-4-13(16)10-25/h2-7,18,25H,9-10H2,1H3. The molecule has 6 nitrogen and oxygen atoms in total. The Bertz CT molecular complexity index is 1050. The number of rotatable bonds is 5. The third-order valence-corrected chi connectivity index (χ3v) is 4.18. The van der Waals surface area contributed by atoms with E-state index in [2.05, 4.69) is 15.9 Å². The Kier molecular flexibility index (Phi) is 5.14. The second kappa shape index (κ2) is 7.51. The summed E-state index contributed by atoms with van der Waals surface area (Å²) in [5, 5.41) is 24.1. The number of aromatic nitrogens is 2. The molecule has 3 rings (SSSR count). The van der Waals surface area contributed by atoms with E-state index in [9.17, 15) is 23.9 Å². The molecule has 0 fully saturated rings. The first-order chi connectivity index (χ1) is 12.9. The lowest BCUT2D eigenvalue weighted by atomic mass is 10.0. The van der Waals surface area contributed by atoms with Gasteiger partial charge in [-0.2, -0.15) is 19.1 Å². The quantitative estimate of drug-likeness (QED) is 0.550. The van der Waals surface area contributed by atoms with E-state index < -0.39 is 12.4 Å². The van der Waals surface area contributed by atoms with E-state index >= 15 is 0 Å². The number of aryl methyl sites for hydroxylation is 1. The molecule has 0 aliphatic carbocycles. The molecule has 1 aromatic heterocycles. The number of carbonyl (C=O) groups is 1. The number of fused-ring (bicyclic) bond motifs is 1. The van der Waals surface area contributed by atoms with Crippen molar-refractivity contribution in [2.24, 2.45) is 0 Å². The van der Waals surface area contributed by atoms with E-state index in [0.29, 0.717) is 27.9 Å². The van der Waals surface area contributed by atoms with Crippen LogP contribution in [0.1, 0.15) is 22.4 Å². The number of hydrogen-bond donors (Lipinski definition) is 1. The van der Waals surface area contributed by atoms with Crippen LogP contribution in [-0.4, -0.2) is 27.3 Å². The Balaban J connectivity index is 2.05. The predicted molar refractivity (Wildman–Crippen MR) is 92.3 cm³/mol. The molecule has 0 aliphatic rings. The number of nitriles is 1. The largest absolute Gasteiger partial charge is 0.422 e. The fraction of sp³-hybridized carbons (Fsp3) is 0.211. The van der Waals surface area contributed by atoms with Crippen LogP contribution in [0.25, 0.3) is 10.9 Å². The topological polar surface area (TPSA) is 88.1 Å². The minimum absolute atomic E-state index is 0.0232. The fourth-order valence-corrected chi connectivity index (χ4v) is 2.89. The molecule has 0 unspecified atom stereocenters. The van der Waals surface area contributed by atoms with Crippen molar-refractivity contribution >= 4 is 16.9 Å². The van der Waals surface area contributed by atoms with Gasteiger partial charge in [0.05, 0.1) is 36.0 Å². The average molecular weight is 371 g/mol. The van der Waals surface area contributed by atoms with Crippen molar-refractivity contribution < 1.29 is 23.4 Å². The third-order valence-electron chi connectivity index (χ3n) is 4.18. The number of esters is 1. The lowest BCUT2D eigenvalue weighted by molar-refractivity contribution is -0.146. The highest BCUT2D eigenvalue weighted by Crippen LogP contribution is 2.26. The number of carbonyl (C=O) groups excluding carboxylic acids is 1. The van der Waals surface area contributed by atoms with E-state index in [1.54, 1.807) is 35.9 Å². The van der Waals surface area contributed by atoms with Crippen molar-refractivity contribution in [1.82, 2.24) is 9.78 Å². The normalized spacial score (nSPS) is 11.0. The molecule has 0 aliphatic heterocycles. The first-order valence-corrected chi connectivity index (χ1v) is 8.03. The number of nitrogens with zero attached hydrogens (tertiary/aromatic N) is 3. The molecule has 2 aromatic carbocycles. The van der Waals surface area contributed by atoms with Crippen molar-refractivity contribution in [3.05, 3.63) is 58.8 Å². The van der Waals surface area contributed by atoms with Crippen LogP contribution in [0.15, 0.2) is 36.4 Å². The minimum Gasteiger partial charge on any atom is -0.422 e.